The number of carbonyl (C=O) groups excluding carboxylic acids is 1. The molecule has 5 rings (SSSR count). The van der Waals surface area contributed by atoms with Crippen molar-refractivity contribution in [2.45, 2.75) is 76.4 Å². The monoisotopic (exact) mass is 444 g/mol. The number of alkyl halides is 2. The zero-order valence-electron chi connectivity index (χ0n) is 17.7. The maximum atomic E-state index is 13.6. The molecule has 3 aromatic heterocycles. The van der Waals surface area contributed by atoms with Crippen molar-refractivity contribution in [2.24, 2.45) is 0 Å². The van der Waals surface area contributed by atoms with Crippen LogP contribution >= 0.6 is 0 Å². The van der Waals surface area contributed by atoms with Gasteiger partial charge in [-0.1, -0.05) is 19.3 Å². The maximum absolute atomic E-state index is 13.6. The summed E-state index contributed by atoms with van der Waals surface area (Å²) >= 11 is 0. The molecule has 3 aromatic rings. The van der Waals surface area contributed by atoms with Gasteiger partial charge in [0.05, 0.1) is 17.9 Å². The summed E-state index contributed by atoms with van der Waals surface area (Å²) in [5, 5.41) is 10.9. The number of hydrogen-bond acceptors (Lipinski definition) is 5. The zero-order valence-corrected chi connectivity index (χ0v) is 17.7. The van der Waals surface area contributed by atoms with Gasteiger partial charge in [0.1, 0.15) is 11.7 Å². The molecule has 0 bridgehead atoms. The number of hydrogen-bond donors (Lipinski definition) is 1. The molecule has 3 heterocycles. The van der Waals surface area contributed by atoms with Gasteiger partial charge in [0, 0.05) is 18.5 Å². The van der Waals surface area contributed by atoms with Crippen LogP contribution in [0.1, 0.15) is 86.3 Å². The number of carbonyl (C=O) groups is 1. The molecule has 1 amide bonds. The highest BCUT2D eigenvalue weighted by Crippen LogP contribution is 2.32. The average Bonchev–Trinajstić information content (AvgIpc) is 3.54. The number of aromatic nitrogens is 5. The number of fused-ring (bicyclic) bond motifs is 1. The van der Waals surface area contributed by atoms with Crippen LogP contribution in [0.5, 0.6) is 5.88 Å². The van der Waals surface area contributed by atoms with E-state index in [1.165, 1.54) is 16.9 Å². The van der Waals surface area contributed by atoms with Crippen LogP contribution in [-0.2, 0) is 0 Å². The van der Waals surface area contributed by atoms with E-state index in [0.717, 1.165) is 57.8 Å². The lowest BCUT2D eigenvalue weighted by Crippen LogP contribution is -2.14. The van der Waals surface area contributed by atoms with Crippen molar-refractivity contribution in [2.75, 3.05) is 5.32 Å². The molecule has 2 fully saturated rings. The molecule has 0 aromatic carbocycles. The van der Waals surface area contributed by atoms with E-state index in [9.17, 15) is 13.6 Å². The molecule has 1 N–H and O–H groups in total. The van der Waals surface area contributed by atoms with E-state index in [4.69, 9.17) is 4.74 Å². The number of amides is 1. The number of nitrogens with one attached hydrogen (secondary N) is 1. The molecule has 170 valence electrons. The van der Waals surface area contributed by atoms with Gasteiger partial charge in [-0.25, -0.2) is 13.3 Å². The first-order valence-corrected chi connectivity index (χ1v) is 11.3. The van der Waals surface area contributed by atoms with E-state index in [1.54, 1.807) is 16.9 Å². The highest BCUT2D eigenvalue weighted by atomic mass is 19.3. The second-order valence-corrected chi connectivity index (χ2v) is 8.57. The number of ether oxygens (including phenoxy) is 1. The van der Waals surface area contributed by atoms with Gasteiger partial charge in [0.25, 0.3) is 12.3 Å². The molecular formula is C22H26F2N6O2. The Labute approximate surface area is 184 Å². The molecule has 2 aliphatic carbocycles. The lowest BCUT2D eigenvalue weighted by Gasteiger charge is -2.21. The first-order chi connectivity index (χ1) is 15.6. The summed E-state index contributed by atoms with van der Waals surface area (Å²) in [6, 6.07) is 1.80. The van der Waals surface area contributed by atoms with Crippen LogP contribution in [0, 0.1) is 0 Å². The summed E-state index contributed by atoms with van der Waals surface area (Å²) in [7, 11) is 0. The fourth-order valence-electron chi connectivity index (χ4n) is 4.64. The molecule has 2 saturated carbocycles. The lowest BCUT2D eigenvalue weighted by molar-refractivity contribution is 0.102. The molecule has 0 saturated heterocycles. The summed E-state index contributed by atoms with van der Waals surface area (Å²) in [5.41, 5.74) is 0.107. The Morgan fingerprint density at radius 3 is 2.62 bits per heavy atom. The first kappa shape index (κ1) is 20.8. The molecule has 0 spiro atoms. The van der Waals surface area contributed by atoms with Crippen molar-refractivity contribution in [3.8, 4) is 5.88 Å². The Kier molecular flexibility index (Phi) is 5.75. The number of halogens is 2. The van der Waals surface area contributed by atoms with E-state index in [0.29, 0.717) is 11.5 Å². The van der Waals surface area contributed by atoms with Gasteiger partial charge in [-0.05, 0) is 38.5 Å². The molecule has 0 unspecified atom stereocenters. The second-order valence-electron chi connectivity index (χ2n) is 8.57. The molecule has 0 atom stereocenters. The molecule has 0 radical (unpaired) electrons. The van der Waals surface area contributed by atoms with E-state index < -0.39 is 18.0 Å². The van der Waals surface area contributed by atoms with Crippen molar-refractivity contribution >= 4 is 17.2 Å². The second kappa shape index (κ2) is 8.84. The largest absolute Gasteiger partial charge is 0.474 e. The van der Waals surface area contributed by atoms with E-state index >= 15 is 0 Å². The Hall–Kier alpha value is -3.04. The third-order valence-corrected chi connectivity index (χ3v) is 6.34. The maximum Gasteiger partial charge on any atom is 0.284 e. The van der Waals surface area contributed by atoms with E-state index in [2.05, 4.69) is 20.5 Å². The highest BCUT2D eigenvalue weighted by molar-refractivity contribution is 6.08. The van der Waals surface area contributed by atoms with Crippen molar-refractivity contribution < 1.29 is 18.3 Å². The topological polar surface area (TPSA) is 86.3 Å². The Morgan fingerprint density at radius 2 is 1.88 bits per heavy atom. The first-order valence-electron chi connectivity index (χ1n) is 11.3. The van der Waals surface area contributed by atoms with Gasteiger partial charge < -0.3 is 10.1 Å². The van der Waals surface area contributed by atoms with Crippen molar-refractivity contribution in [3.63, 3.8) is 0 Å². The van der Waals surface area contributed by atoms with Crippen LogP contribution in [0.25, 0.3) is 5.65 Å². The number of rotatable bonds is 6. The summed E-state index contributed by atoms with van der Waals surface area (Å²) < 4.78 is 36.2. The third kappa shape index (κ3) is 4.18. The molecule has 8 nitrogen and oxygen atoms in total. The number of anilines is 1. The minimum Gasteiger partial charge on any atom is -0.474 e. The van der Waals surface area contributed by atoms with Gasteiger partial charge >= 0.3 is 0 Å². The van der Waals surface area contributed by atoms with Crippen LogP contribution in [0.3, 0.4) is 0 Å². The SMILES string of the molecule is O=C(Nc1cn(C2CCCCC2)nc1C(F)F)c1cnn2ccc(OC3CCCC3)nc12. The van der Waals surface area contributed by atoms with Crippen molar-refractivity contribution in [1.29, 1.82) is 0 Å². The van der Waals surface area contributed by atoms with Crippen LogP contribution in [-0.4, -0.2) is 36.4 Å². The molecule has 32 heavy (non-hydrogen) atoms. The van der Waals surface area contributed by atoms with Gasteiger partial charge in [-0.3, -0.25) is 9.48 Å². The van der Waals surface area contributed by atoms with Crippen LogP contribution in [0.4, 0.5) is 14.5 Å². The van der Waals surface area contributed by atoms with Crippen molar-refractivity contribution in [1.82, 2.24) is 24.4 Å². The molecular weight excluding hydrogens is 418 g/mol. The summed E-state index contributed by atoms with van der Waals surface area (Å²) in [4.78, 5) is 17.4. The minimum atomic E-state index is -2.79. The molecule has 10 heteroatoms. The smallest absolute Gasteiger partial charge is 0.284 e. The fraction of sp³-hybridized carbons (Fsp3) is 0.545. The summed E-state index contributed by atoms with van der Waals surface area (Å²) in [5.74, 6) is -0.132. The highest BCUT2D eigenvalue weighted by Gasteiger charge is 2.25. The predicted octanol–water partition coefficient (Wildman–Crippen LogP) is 4.94. The van der Waals surface area contributed by atoms with E-state index in [1.807, 2.05) is 0 Å². The predicted molar refractivity (Wildman–Crippen MR) is 113 cm³/mol. The Bertz CT molecular complexity index is 1100. The zero-order chi connectivity index (χ0) is 22.1. The normalized spacial score (nSPS) is 18.0. The van der Waals surface area contributed by atoms with Gasteiger partial charge in [-0.2, -0.15) is 15.2 Å². The summed E-state index contributed by atoms with van der Waals surface area (Å²) in [6.07, 6.45) is 11.2. The van der Waals surface area contributed by atoms with Gasteiger partial charge in [0.15, 0.2) is 11.3 Å². The van der Waals surface area contributed by atoms with Crippen LogP contribution < -0.4 is 10.1 Å². The number of nitrogens with zero attached hydrogens (tertiary/aromatic N) is 5. The summed E-state index contributed by atoms with van der Waals surface area (Å²) in [6.45, 7) is 0. The Morgan fingerprint density at radius 1 is 1.12 bits per heavy atom. The third-order valence-electron chi connectivity index (χ3n) is 6.34. The minimum absolute atomic E-state index is 0.0216. The Balaban J connectivity index is 1.38. The standard InChI is InChI=1S/C22H26F2N6O2/c23-20(24)19-17(13-30(28-19)14-6-2-1-3-7-14)26-22(31)16-12-25-29-11-10-18(27-21(16)29)32-15-8-4-5-9-15/h10-15,20H,1-9H2,(H,26,31). The molecule has 0 aliphatic heterocycles. The van der Waals surface area contributed by atoms with Crippen LogP contribution in [0.2, 0.25) is 0 Å². The average molecular weight is 444 g/mol. The van der Waals surface area contributed by atoms with Crippen LogP contribution in [0.15, 0.2) is 24.7 Å². The van der Waals surface area contributed by atoms with Gasteiger partial charge in [0.2, 0.25) is 5.88 Å². The quantitative estimate of drug-likeness (QED) is 0.582. The van der Waals surface area contributed by atoms with Gasteiger partial charge in [-0.15, -0.1) is 0 Å². The van der Waals surface area contributed by atoms with E-state index in [-0.39, 0.29) is 23.4 Å². The lowest BCUT2D eigenvalue weighted by atomic mass is 9.96. The fourth-order valence-corrected chi connectivity index (χ4v) is 4.64. The van der Waals surface area contributed by atoms with Crippen molar-refractivity contribution in [3.05, 3.63) is 35.9 Å². The molecule has 2 aliphatic rings.